The lowest BCUT2D eigenvalue weighted by atomic mass is 9.72. The SMILES string of the molecule is CC(CCN[C@H](C(=O)N[C@H]1CCC[C@@H]1CC[C@H]1CN[C@@H]2CCCS(O)(O)N1C2)[C@@H](c1ccc(Cl)cc1)C1CCOC(C)(C)C1)C(=O)O. The van der Waals surface area contributed by atoms with Crippen LogP contribution in [0.15, 0.2) is 24.3 Å². The van der Waals surface area contributed by atoms with Crippen molar-refractivity contribution in [3.63, 3.8) is 0 Å². The van der Waals surface area contributed by atoms with Crippen molar-refractivity contribution >= 4 is 34.3 Å². The summed E-state index contributed by atoms with van der Waals surface area (Å²) in [5.74, 6) is -0.615. The smallest absolute Gasteiger partial charge is 0.306 e. The minimum Gasteiger partial charge on any atom is -0.481 e. The molecule has 3 heterocycles. The van der Waals surface area contributed by atoms with Crippen molar-refractivity contribution in [2.45, 2.75) is 121 Å². The molecule has 10 nitrogen and oxygen atoms in total. The average Bonchev–Trinajstić information content (AvgIpc) is 3.41. The van der Waals surface area contributed by atoms with Crippen LogP contribution in [0.25, 0.3) is 0 Å². The Labute approximate surface area is 287 Å². The van der Waals surface area contributed by atoms with Crippen LogP contribution < -0.4 is 16.0 Å². The third kappa shape index (κ3) is 9.63. The number of ether oxygens (including phenoxy) is 1. The molecule has 1 aromatic rings. The third-order valence-electron chi connectivity index (χ3n) is 11.2. The molecule has 266 valence electrons. The van der Waals surface area contributed by atoms with Gasteiger partial charge < -0.3 is 25.8 Å². The van der Waals surface area contributed by atoms with Crippen LogP contribution in [0.3, 0.4) is 0 Å². The first kappa shape index (κ1) is 36.8. The minimum atomic E-state index is -2.75. The number of hydrogen-bond donors (Lipinski definition) is 6. The highest BCUT2D eigenvalue weighted by molar-refractivity contribution is 8.22. The van der Waals surface area contributed by atoms with Crippen molar-refractivity contribution in [3.05, 3.63) is 34.9 Å². The van der Waals surface area contributed by atoms with Crippen LogP contribution in [-0.2, 0) is 14.3 Å². The third-order valence-corrected chi connectivity index (χ3v) is 13.4. The molecule has 1 aliphatic carbocycles. The fraction of sp³-hybridized carbons (Fsp3) is 0.771. The molecule has 2 bridgehead atoms. The van der Waals surface area contributed by atoms with E-state index in [1.807, 2.05) is 28.6 Å². The molecule has 4 fully saturated rings. The summed E-state index contributed by atoms with van der Waals surface area (Å²) in [6, 6.07) is 7.67. The maximum Gasteiger partial charge on any atom is 0.306 e. The molecule has 0 aromatic heterocycles. The van der Waals surface area contributed by atoms with Crippen LogP contribution in [0.1, 0.15) is 96.5 Å². The minimum absolute atomic E-state index is 0.0375. The predicted octanol–water partition coefficient (Wildman–Crippen LogP) is 5.86. The van der Waals surface area contributed by atoms with Crippen LogP contribution >= 0.6 is 22.4 Å². The number of carboxylic acid groups (broad SMARTS) is 1. The van der Waals surface area contributed by atoms with Gasteiger partial charge in [-0.05, 0) is 108 Å². The van der Waals surface area contributed by atoms with Gasteiger partial charge in [0.2, 0.25) is 5.91 Å². The number of carbonyl (C=O) groups is 2. The van der Waals surface area contributed by atoms with Crippen LogP contribution in [0.4, 0.5) is 0 Å². The maximum atomic E-state index is 14.5. The van der Waals surface area contributed by atoms with Gasteiger partial charge in [0.05, 0.1) is 23.3 Å². The van der Waals surface area contributed by atoms with E-state index in [0.717, 1.165) is 69.9 Å². The number of aliphatic carboxylic acids is 1. The van der Waals surface area contributed by atoms with Crippen molar-refractivity contribution in [1.29, 1.82) is 0 Å². The van der Waals surface area contributed by atoms with Gasteiger partial charge in [0.25, 0.3) is 0 Å². The Hall–Kier alpha value is -1.44. The fourth-order valence-corrected chi connectivity index (χ4v) is 10.5. The Balaban J connectivity index is 1.32. The van der Waals surface area contributed by atoms with Crippen molar-refractivity contribution < 1.29 is 28.5 Å². The van der Waals surface area contributed by atoms with Gasteiger partial charge in [-0.3, -0.25) is 18.7 Å². The van der Waals surface area contributed by atoms with Gasteiger partial charge in [-0.1, -0.05) is 37.1 Å². The molecule has 3 unspecified atom stereocenters. The molecule has 3 saturated heterocycles. The normalized spacial score (nSPS) is 32.8. The summed E-state index contributed by atoms with van der Waals surface area (Å²) in [5.41, 5.74) is 0.728. The summed E-state index contributed by atoms with van der Waals surface area (Å²) in [5, 5.41) is 20.8. The summed E-state index contributed by atoms with van der Waals surface area (Å²) in [6.07, 6.45) is 8.61. The number of halogens is 1. The molecule has 1 saturated carbocycles. The first-order valence-electron chi connectivity index (χ1n) is 17.7. The number of carboxylic acids is 1. The second kappa shape index (κ2) is 16.1. The number of nitrogens with one attached hydrogen (secondary N) is 3. The van der Waals surface area contributed by atoms with E-state index in [-0.39, 0.29) is 35.4 Å². The average molecular weight is 697 g/mol. The van der Waals surface area contributed by atoms with Crippen LogP contribution in [-0.4, -0.2) is 92.2 Å². The van der Waals surface area contributed by atoms with Gasteiger partial charge in [0.15, 0.2) is 0 Å². The van der Waals surface area contributed by atoms with Gasteiger partial charge in [-0.25, -0.2) is 4.31 Å². The van der Waals surface area contributed by atoms with Crippen LogP contribution in [0.5, 0.6) is 0 Å². The summed E-state index contributed by atoms with van der Waals surface area (Å²) < 4.78 is 29.9. The van der Waals surface area contributed by atoms with Crippen molar-refractivity contribution in [2.75, 3.05) is 32.0 Å². The lowest BCUT2D eigenvalue weighted by Gasteiger charge is -2.49. The first-order valence-corrected chi connectivity index (χ1v) is 19.8. The van der Waals surface area contributed by atoms with E-state index in [4.69, 9.17) is 16.3 Å². The molecule has 3 aliphatic heterocycles. The molecule has 9 atom stereocenters. The molecule has 0 spiro atoms. The van der Waals surface area contributed by atoms with E-state index in [9.17, 15) is 23.8 Å². The zero-order valence-corrected chi connectivity index (χ0v) is 29.9. The molecule has 6 N–H and O–H groups in total. The maximum absolute atomic E-state index is 14.5. The molecule has 0 radical (unpaired) electrons. The zero-order valence-electron chi connectivity index (χ0n) is 28.3. The van der Waals surface area contributed by atoms with Gasteiger partial charge >= 0.3 is 5.97 Å². The molecular weight excluding hydrogens is 640 g/mol. The van der Waals surface area contributed by atoms with Gasteiger partial charge in [0.1, 0.15) is 0 Å². The van der Waals surface area contributed by atoms with E-state index in [1.54, 1.807) is 6.92 Å². The number of carbonyl (C=O) groups excluding carboxylic acids is 1. The molecule has 4 aliphatic rings. The number of benzene rings is 1. The molecular formula is C35H57ClN4O6S. The van der Waals surface area contributed by atoms with Crippen LogP contribution in [0.2, 0.25) is 5.02 Å². The fourth-order valence-electron chi connectivity index (χ4n) is 8.49. The summed E-state index contributed by atoms with van der Waals surface area (Å²) in [6.45, 7) is 8.38. The van der Waals surface area contributed by atoms with Crippen LogP contribution in [0, 0.1) is 17.8 Å². The summed E-state index contributed by atoms with van der Waals surface area (Å²) >= 11 is 6.30. The number of nitrogens with zero attached hydrogens (tertiary/aromatic N) is 1. The standard InChI is InChI=1S/C35H57ClN4O6S/c1-23(34(42)43)15-17-37-32(31(25-9-12-27(36)13-10-25)26-16-18-46-35(2,3)20-26)33(41)39-30-8-4-6-24(30)11-14-29-21-38-28-7-5-19-47(44,45)40(29)22-28/h9-10,12-13,23-24,26,28-32,37-38,44-45H,4-8,11,14-22H2,1-3H3,(H,39,41)(H,42,43)/t23?,24-,26?,28-,29+,30+,31+,32+/m1/s1. The van der Waals surface area contributed by atoms with E-state index in [2.05, 4.69) is 29.8 Å². The quantitative estimate of drug-likeness (QED) is 0.149. The van der Waals surface area contributed by atoms with Gasteiger partial charge in [0, 0.05) is 48.8 Å². The monoisotopic (exact) mass is 696 g/mol. The molecule has 47 heavy (non-hydrogen) atoms. The highest BCUT2D eigenvalue weighted by atomic mass is 35.5. The van der Waals surface area contributed by atoms with Crippen molar-refractivity contribution in [1.82, 2.24) is 20.3 Å². The van der Waals surface area contributed by atoms with E-state index >= 15 is 0 Å². The van der Waals surface area contributed by atoms with Gasteiger partial charge in [-0.15, -0.1) is 10.8 Å². The highest BCUT2D eigenvalue weighted by Crippen LogP contribution is 2.49. The van der Waals surface area contributed by atoms with Gasteiger partial charge in [-0.2, -0.15) is 0 Å². The summed E-state index contributed by atoms with van der Waals surface area (Å²) in [7, 11) is -2.75. The van der Waals surface area contributed by atoms with Crippen molar-refractivity contribution in [3.8, 4) is 0 Å². The summed E-state index contributed by atoms with van der Waals surface area (Å²) in [4.78, 5) is 26.1. The lowest BCUT2D eigenvalue weighted by Crippen LogP contribution is -2.56. The Bertz CT molecular complexity index is 1210. The Morgan fingerprint density at radius 2 is 1.89 bits per heavy atom. The topological polar surface area (TPSA) is 143 Å². The Morgan fingerprint density at radius 3 is 2.62 bits per heavy atom. The molecule has 12 heteroatoms. The molecule has 1 amide bonds. The predicted molar refractivity (Wildman–Crippen MR) is 188 cm³/mol. The number of rotatable bonds is 13. The number of amides is 1. The van der Waals surface area contributed by atoms with E-state index in [0.29, 0.717) is 48.9 Å². The number of hydrogen-bond acceptors (Lipinski definition) is 8. The number of fused-ring (bicyclic) bond motifs is 2. The second-order valence-electron chi connectivity index (χ2n) is 15.1. The Kier molecular flexibility index (Phi) is 12.6. The van der Waals surface area contributed by atoms with E-state index in [1.165, 1.54) is 0 Å². The number of piperazine rings is 1. The molecule has 5 rings (SSSR count). The molecule has 1 aromatic carbocycles. The zero-order chi connectivity index (χ0) is 33.8. The van der Waals surface area contributed by atoms with Crippen molar-refractivity contribution in [2.24, 2.45) is 17.8 Å². The Morgan fingerprint density at radius 1 is 1.13 bits per heavy atom. The van der Waals surface area contributed by atoms with E-state index < -0.39 is 28.7 Å². The second-order valence-corrected chi connectivity index (χ2v) is 17.7. The lowest BCUT2D eigenvalue weighted by molar-refractivity contribution is -0.141. The first-order chi connectivity index (χ1) is 22.3. The largest absolute Gasteiger partial charge is 0.481 e. The highest BCUT2D eigenvalue weighted by Gasteiger charge is 2.43.